The van der Waals surface area contributed by atoms with Crippen molar-refractivity contribution in [1.29, 1.82) is 0 Å². The zero-order valence-electron chi connectivity index (χ0n) is 11.5. The average Bonchev–Trinajstić information content (AvgIpc) is 2.69. The zero-order chi connectivity index (χ0) is 14.9. The molecule has 20 heavy (non-hydrogen) atoms. The quantitative estimate of drug-likeness (QED) is 0.681. The predicted molar refractivity (Wildman–Crippen MR) is 71.2 cm³/mol. The molecule has 6 heteroatoms. The molecule has 0 aromatic heterocycles. The lowest BCUT2D eigenvalue weighted by Gasteiger charge is -2.19. The topological polar surface area (TPSA) is 55.2 Å². The van der Waals surface area contributed by atoms with Crippen molar-refractivity contribution in [3.8, 4) is 0 Å². The highest BCUT2D eigenvalue weighted by Gasteiger charge is 2.29. The fourth-order valence-corrected chi connectivity index (χ4v) is 2.75. The molecule has 0 bridgehead atoms. The summed E-state index contributed by atoms with van der Waals surface area (Å²) in [6, 6.07) is 1.82. The van der Waals surface area contributed by atoms with E-state index in [-0.39, 0.29) is 18.2 Å². The van der Waals surface area contributed by atoms with Crippen LogP contribution in [-0.2, 0) is 6.54 Å². The third kappa shape index (κ3) is 2.95. The molecular formula is C14H18F2N2O2. The van der Waals surface area contributed by atoms with Gasteiger partial charge < -0.3 is 5.32 Å². The van der Waals surface area contributed by atoms with Crippen molar-refractivity contribution in [3.63, 3.8) is 0 Å². The Labute approximate surface area is 116 Å². The summed E-state index contributed by atoms with van der Waals surface area (Å²) in [6.07, 6.45) is 2.12. The maximum atomic E-state index is 13.6. The van der Waals surface area contributed by atoms with Crippen LogP contribution in [-0.4, -0.2) is 11.0 Å². The molecule has 0 aliphatic heterocycles. The van der Waals surface area contributed by atoms with Gasteiger partial charge in [-0.1, -0.05) is 13.8 Å². The third-order valence-corrected chi connectivity index (χ3v) is 4.33. The monoisotopic (exact) mass is 284 g/mol. The van der Waals surface area contributed by atoms with Crippen LogP contribution < -0.4 is 5.32 Å². The number of halogens is 2. The van der Waals surface area contributed by atoms with Crippen molar-refractivity contribution in [1.82, 2.24) is 5.32 Å². The average molecular weight is 284 g/mol. The Balaban J connectivity index is 2.10. The number of hydrogen-bond donors (Lipinski definition) is 1. The summed E-state index contributed by atoms with van der Waals surface area (Å²) in [5.74, 6) is -0.799. The molecule has 1 aromatic rings. The minimum atomic E-state index is -1.14. The van der Waals surface area contributed by atoms with Crippen LogP contribution in [0.5, 0.6) is 0 Å². The van der Waals surface area contributed by atoms with Crippen molar-refractivity contribution in [3.05, 3.63) is 39.4 Å². The second-order valence-electron chi connectivity index (χ2n) is 5.55. The Bertz CT molecular complexity index is 522. The van der Waals surface area contributed by atoms with E-state index in [0.29, 0.717) is 17.9 Å². The Kier molecular flexibility index (Phi) is 4.32. The Hall–Kier alpha value is -1.56. The van der Waals surface area contributed by atoms with Gasteiger partial charge in [0, 0.05) is 30.3 Å². The van der Waals surface area contributed by atoms with Gasteiger partial charge in [0.25, 0.3) is 0 Å². The number of nitro groups is 1. The Morgan fingerprint density at radius 3 is 2.55 bits per heavy atom. The molecule has 3 unspecified atom stereocenters. The number of rotatable bonds is 4. The molecule has 0 saturated heterocycles. The molecular weight excluding hydrogens is 266 g/mol. The summed E-state index contributed by atoms with van der Waals surface area (Å²) in [4.78, 5) is 9.83. The molecule has 110 valence electrons. The van der Waals surface area contributed by atoms with E-state index in [1.807, 2.05) is 0 Å². The lowest BCUT2D eigenvalue weighted by atomic mass is 9.97. The van der Waals surface area contributed by atoms with Crippen LogP contribution in [0, 0.1) is 33.6 Å². The van der Waals surface area contributed by atoms with E-state index in [2.05, 4.69) is 19.2 Å². The first kappa shape index (κ1) is 14.8. The maximum absolute atomic E-state index is 13.6. The van der Waals surface area contributed by atoms with Gasteiger partial charge in [0.05, 0.1) is 4.92 Å². The number of hydrogen-bond acceptors (Lipinski definition) is 3. The maximum Gasteiger partial charge on any atom is 0.305 e. The van der Waals surface area contributed by atoms with Crippen LogP contribution in [0.15, 0.2) is 12.1 Å². The molecule has 1 aromatic carbocycles. The van der Waals surface area contributed by atoms with E-state index in [1.165, 1.54) is 0 Å². The van der Waals surface area contributed by atoms with Crippen LogP contribution in [0.1, 0.15) is 32.3 Å². The highest BCUT2D eigenvalue weighted by atomic mass is 19.1. The Morgan fingerprint density at radius 2 is 2.00 bits per heavy atom. The summed E-state index contributed by atoms with van der Waals surface area (Å²) < 4.78 is 26.9. The third-order valence-electron chi connectivity index (χ3n) is 4.33. The number of nitrogens with zero attached hydrogens (tertiary/aromatic N) is 1. The van der Waals surface area contributed by atoms with E-state index in [0.717, 1.165) is 18.9 Å². The Morgan fingerprint density at radius 1 is 1.30 bits per heavy atom. The lowest BCUT2D eigenvalue weighted by molar-refractivity contribution is -0.387. The second kappa shape index (κ2) is 5.83. The molecule has 0 heterocycles. The number of nitrogens with one attached hydrogen (secondary N) is 1. The van der Waals surface area contributed by atoms with Crippen molar-refractivity contribution >= 4 is 5.69 Å². The molecule has 2 rings (SSSR count). The zero-order valence-corrected chi connectivity index (χ0v) is 11.5. The second-order valence-corrected chi connectivity index (χ2v) is 5.55. The summed E-state index contributed by atoms with van der Waals surface area (Å²) in [6.45, 7) is 4.49. The minimum Gasteiger partial charge on any atom is -0.310 e. The SMILES string of the molecule is CC1CCC(NCc2cc([N+](=O)[O-])c(F)cc2F)C1C. The molecule has 1 fully saturated rings. The van der Waals surface area contributed by atoms with Gasteiger partial charge in [0.2, 0.25) is 5.82 Å². The smallest absolute Gasteiger partial charge is 0.305 e. The number of benzene rings is 1. The summed E-state index contributed by atoms with van der Waals surface area (Å²) in [5, 5.41) is 13.9. The summed E-state index contributed by atoms with van der Waals surface area (Å²) in [5.41, 5.74) is -0.555. The molecule has 1 aliphatic rings. The first-order valence-electron chi connectivity index (χ1n) is 6.76. The van der Waals surface area contributed by atoms with Crippen molar-refractivity contribution in [2.75, 3.05) is 0 Å². The largest absolute Gasteiger partial charge is 0.310 e. The molecule has 1 aliphatic carbocycles. The highest BCUT2D eigenvalue weighted by molar-refractivity contribution is 5.37. The molecule has 1 N–H and O–H groups in total. The molecule has 0 spiro atoms. The van der Waals surface area contributed by atoms with E-state index < -0.39 is 22.2 Å². The molecule has 3 atom stereocenters. The van der Waals surface area contributed by atoms with Crippen LogP contribution in [0.4, 0.5) is 14.5 Å². The van der Waals surface area contributed by atoms with Gasteiger partial charge in [-0.2, -0.15) is 4.39 Å². The van der Waals surface area contributed by atoms with E-state index in [9.17, 15) is 18.9 Å². The van der Waals surface area contributed by atoms with Crippen LogP contribution in [0.25, 0.3) is 0 Å². The van der Waals surface area contributed by atoms with Gasteiger partial charge in [-0.3, -0.25) is 10.1 Å². The standard InChI is InChI=1S/C14H18F2N2O2/c1-8-3-4-13(9(8)2)17-7-10-5-14(18(19)20)12(16)6-11(10)15/h5-6,8-9,13,17H,3-4,7H2,1-2H3. The van der Waals surface area contributed by atoms with E-state index in [4.69, 9.17) is 0 Å². The minimum absolute atomic E-state index is 0.129. The van der Waals surface area contributed by atoms with Gasteiger partial charge in [-0.05, 0) is 24.7 Å². The van der Waals surface area contributed by atoms with E-state index >= 15 is 0 Å². The van der Waals surface area contributed by atoms with Crippen LogP contribution in [0.3, 0.4) is 0 Å². The fourth-order valence-electron chi connectivity index (χ4n) is 2.75. The number of nitro benzene ring substituents is 1. The predicted octanol–water partition coefficient (Wildman–Crippen LogP) is 3.40. The molecule has 1 saturated carbocycles. The fraction of sp³-hybridized carbons (Fsp3) is 0.571. The molecule has 0 radical (unpaired) electrons. The first-order chi connectivity index (χ1) is 9.40. The summed E-state index contributed by atoms with van der Waals surface area (Å²) >= 11 is 0. The van der Waals surface area contributed by atoms with Crippen LogP contribution in [0.2, 0.25) is 0 Å². The molecule has 0 amide bonds. The van der Waals surface area contributed by atoms with Gasteiger partial charge in [0.15, 0.2) is 0 Å². The summed E-state index contributed by atoms with van der Waals surface area (Å²) in [7, 11) is 0. The normalized spacial score (nSPS) is 25.9. The van der Waals surface area contributed by atoms with Crippen LogP contribution >= 0.6 is 0 Å². The van der Waals surface area contributed by atoms with Crippen molar-refractivity contribution in [2.24, 2.45) is 11.8 Å². The first-order valence-corrected chi connectivity index (χ1v) is 6.76. The van der Waals surface area contributed by atoms with Crippen molar-refractivity contribution in [2.45, 2.75) is 39.3 Å². The molecule has 4 nitrogen and oxygen atoms in total. The van der Waals surface area contributed by atoms with Crippen molar-refractivity contribution < 1.29 is 13.7 Å². The lowest BCUT2D eigenvalue weighted by Crippen LogP contribution is -2.32. The highest BCUT2D eigenvalue weighted by Crippen LogP contribution is 2.31. The van der Waals surface area contributed by atoms with Gasteiger partial charge >= 0.3 is 5.69 Å². The van der Waals surface area contributed by atoms with E-state index in [1.54, 1.807) is 0 Å². The van der Waals surface area contributed by atoms with Gasteiger partial charge in [-0.15, -0.1) is 0 Å². The van der Waals surface area contributed by atoms with Gasteiger partial charge in [-0.25, -0.2) is 4.39 Å². The van der Waals surface area contributed by atoms with Gasteiger partial charge in [0.1, 0.15) is 5.82 Å².